The minimum atomic E-state index is 0.476. The molecule has 88 valence electrons. The fourth-order valence-electron chi connectivity index (χ4n) is 2.07. The van der Waals surface area contributed by atoms with Gasteiger partial charge in [0, 0.05) is 12.1 Å². The van der Waals surface area contributed by atoms with Crippen molar-refractivity contribution >= 4 is 17.3 Å². The van der Waals surface area contributed by atoms with E-state index in [2.05, 4.69) is 31.4 Å². The average molecular weight is 228 g/mol. The summed E-state index contributed by atoms with van der Waals surface area (Å²) in [6, 6.07) is 1.06. The molecule has 0 aromatic heterocycles. The van der Waals surface area contributed by atoms with Gasteiger partial charge in [-0.25, -0.2) is 0 Å². The molecular weight excluding hydrogens is 204 g/mol. The highest BCUT2D eigenvalue weighted by Gasteiger charge is 2.21. The fourth-order valence-corrected chi connectivity index (χ4v) is 2.42. The van der Waals surface area contributed by atoms with Gasteiger partial charge >= 0.3 is 0 Å². The molecule has 0 unspecified atom stereocenters. The molecule has 0 bridgehead atoms. The van der Waals surface area contributed by atoms with Gasteiger partial charge in [-0.3, -0.25) is 0 Å². The number of thiocarbonyl (C=S) groups is 1. The normalized spacial score (nSPS) is 28.2. The van der Waals surface area contributed by atoms with Crippen molar-refractivity contribution in [3.05, 3.63) is 0 Å². The molecule has 2 N–H and O–H groups in total. The molecule has 1 saturated carbocycles. The number of nitrogens with one attached hydrogen (secondary N) is 2. The average Bonchev–Trinajstić information content (AvgIpc) is 2.21. The Balaban J connectivity index is 2.29. The Bertz CT molecular complexity index is 206. The number of hydrogen-bond donors (Lipinski definition) is 2. The Kier molecular flexibility index (Phi) is 5.37. The summed E-state index contributed by atoms with van der Waals surface area (Å²) in [5, 5.41) is 7.61. The van der Waals surface area contributed by atoms with Crippen molar-refractivity contribution in [1.29, 1.82) is 0 Å². The summed E-state index contributed by atoms with van der Waals surface area (Å²) in [7, 11) is 0. The first kappa shape index (κ1) is 12.8. The highest BCUT2D eigenvalue weighted by atomic mass is 32.1. The first-order chi connectivity index (χ1) is 7.13. The van der Waals surface area contributed by atoms with E-state index in [4.69, 9.17) is 12.2 Å². The smallest absolute Gasteiger partial charge is 0.166 e. The van der Waals surface area contributed by atoms with Crippen LogP contribution in [-0.4, -0.2) is 17.2 Å². The second-order valence-corrected chi connectivity index (χ2v) is 5.20. The van der Waals surface area contributed by atoms with Crippen LogP contribution in [0.4, 0.5) is 0 Å². The minimum absolute atomic E-state index is 0.476. The Morgan fingerprint density at radius 2 is 2.07 bits per heavy atom. The van der Waals surface area contributed by atoms with E-state index in [0.29, 0.717) is 12.1 Å². The molecule has 1 aliphatic carbocycles. The van der Waals surface area contributed by atoms with E-state index >= 15 is 0 Å². The van der Waals surface area contributed by atoms with Crippen LogP contribution in [0.3, 0.4) is 0 Å². The molecule has 0 heterocycles. The van der Waals surface area contributed by atoms with Crippen LogP contribution in [0, 0.1) is 5.92 Å². The minimum Gasteiger partial charge on any atom is -0.360 e. The van der Waals surface area contributed by atoms with Crippen LogP contribution in [0.15, 0.2) is 0 Å². The van der Waals surface area contributed by atoms with Crippen molar-refractivity contribution < 1.29 is 0 Å². The molecule has 1 aliphatic rings. The zero-order valence-corrected chi connectivity index (χ0v) is 11.0. The molecule has 0 aromatic rings. The Labute approximate surface area is 99.2 Å². The SMILES string of the molecule is CC[C@H](C)NC(=S)N[C@H]1CCCC[C@@H]1C. The van der Waals surface area contributed by atoms with Gasteiger partial charge in [0.2, 0.25) is 0 Å². The van der Waals surface area contributed by atoms with E-state index in [1.807, 2.05) is 0 Å². The molecule has 0 radical (unpaired) electrons. The predicted octanol–water partition coefficient (Wildman–Crippen LogP) is 2.83. The van der Waals surface area contributed by atoms with Gasteiger partial charge < -0.3 is 10.6 Å². The maximum absolute atomic E-state index is 5.31. The largest absolute Gasteiger partial charge is 0.360 e. The van der Waals surface area contributed by atoms with Crippen LogP contribution < -0.4 is 10.6 Å². The van der Waals surface area contributed by atoms with Gasteiger partial charge in [0.1, 0.15) is 0 Å². The highest BCUT2D eigenvalue weighted by Crippen LogP contribution is 2.23. The van der Waals surface area contributed by atoms with E-state index < -0.39 is 0 Å². The quantitative estimate of drug-likeness (QED) is 0.726. The lowest BCUT2D eigenvalue weighted by Gasteiger charge is -2.31. The fraction of sp³-hybridized carbons (Fsp3) is 0.917. The second-order valence-electron chi connectivity index (χ2n) is 4.80. The molecule has 3 atom stereocenters. The zero-order chi connectivity index (χ0) is 11.3. The van der Waals surface area contributed by atoms with E-state index in [1.165, 1.54) is 25.7 Å². The summed E-state index contributed by atoms with van der Waals surface area (Å²) in [6.07, 6.45) is 6.44. The third kappa shape index (κ3) is 4.37. The van der Waals surface area contributed by atoms with Gasteiger partial charge in [0.25, 0.3) is 0 Å². The van der Waals surface area contributed by atoms with Gasteiger partial charge in [-0.05, 0) is 44.3 Å². The van der Waals surface area contributed by atoms with Gasteiger partial charge in [0.15, 0.2) is 5.11 Å². The first-order valence-corrected chi connectivity index (χ1v) is 6.61. The molecule has 1 fully saturated rings. The molecule has 0 aliphatic heterocycles. The zero-order valence-electron chi connectivity index (χ0n) is 10.2. The van der Waals surface area contributed by atoms with Gasteiger partial charge in [-0.2, -0.15) is 0 Å². The highest BCUT2D eigenvalue weighted by molar-refractivity contribution is 7.80. The molecular formula is C12H24N2S. The monoisotopic (exact) mass is 228 g/mol. The van der Waals surface area contributed by atoms with Gasteiger partial charge in [0.05, 0.1) is 0 Å². The van der Waals surface area contributed by atoms with Crippen molar-refractivity contribution in [2.24, 2.45) is 5.92 Å². The number of hydrogen-bond acceptors (Lipinski definition) is 1. The lowest BCUT2D eigenvalue weighted by atomic mass is 9.86. The van der Waals surface area contributed by atoms with Crippen molar-refractivity contribution in [2.45, 2.75) is 65.0 Å². The van der Waals surface area contributed by atoms with Crippen LogP contribution in [0.1, 0.15) is 52.9 Å². The summed E-state index contributed by atoms with van der Waals surface area (Å²) < 4.78 is 0. The maximum Gasteiger partial charge on any atom is 0.166 e. The Morgan fingerprint density at radius 3 is 2.67 bits per heavy atom. The van der Waals surface area contributed by atoms with Crippen molar-refractivity contribution in [1.82, 2.24) is 10.6 Å². The molecule has 2 nitrogen and oxygen atoms in total. The first-order valence-electron chi connectivity index (χ1n) is 6.20. The standard InChI is InChI=1S/C12H24N2S/c1-4-10(3)13-12(15)14-11-8-6-5-7-9(11)2/h9-11H,4-8H2,1-3H3,(H2,13,14,15)/t9-,10-,11-/m0/s1. The summed E-state index contributed by atoms with van der Waals surface area (Å²) in [4.78, 5) is 0. The van der Waals surface area contributed by atoms with E-state index in [9.17, 15) is 0 Å². The van der Waals surface area contributed by atoms with Crippen molar-refractivity contribution in [3.63, 3.8) is 0 Å². The molecule has 15 heavy (non-hydrogen) atoms. The molecule has 1 rings (SSSR count). The van der Waals surface area contributed by atoms with Crippen LogP contribution in [0.5, 0.6) is 0 Å². The molecule has 0 spiro atoms. The van der Waals surface area contributed by atoms with E-state index in [-0.39, 0.29) is 0 Å². The second kappa shape index (κ2) is 6.31. The summed E-state index contributed by atoms with van der Waals surface area (Å²) >= 11 is 5.31. The lowest BCUT2D eigenvalue weighted by Crippen LogP contribution is -2.48. The van der Waals surface area contributed by atoms with Crippen LogP contribution in [-0.2, 0) is 0 Å². The van der Waals surface area contributed by atoms with E-state index in [0.717, 1.165) is 17.5 Å². The lowest BCUT2D eigenvalue weighted by molar-refractivity contribution is 0.307. The van der Waals surface area contributed by atoms with Crippen molar-refractivity contribution in [3.8, 4) is 0 Å². The topological polar surface area (TPSA) is 24.1 Å². The third-order valence-corrected chi connectivity index (χ3v) is 3.65. The predicted molar refractivity (Wildman–Crippen MR) is 70.0 cm³/mol. The van der Waals surface area contributed by atoms with Gasteiger partial charge in [-0.15, -0.1) is 0 Å². The van der Waals surface area contributed by atoms with E-state index in [1.54, 1.807) is 0 Å². The Morgan fingerprint density at radius 1 is 1.40 bits per heavy atom. The molecule has 0 amide bonds. The van der Waals surface area contributed by atoms with Crippen molar-refractivity contribution in [2.75, 3.05) is 0 Å². The van der Waals surface area contributed by atoms with Crippen LogP contribution in [0.25, 0.3) is 0 Å². The Hall–Kier alpha value is -0.310. The summed E-state index contributed by atoms with van der Waals surface area (Å²) in [6.45, 7) is 6.66. The number of rotatable bonds is 3. The third-order valence-electron chi connectivity index (χ3n) is 3.42. The summed E-state index contributed by atoms with van der Waals surface area (Å²) in [5.41, 5.74) is 0. The van der Waals surface area contributed by atoms with Crippen LogP contribution >= 0.6 is 12.2 Å². The molecule has 0 saturated heterocycles. The summed E-state index contributed by atoms with van der Waals surface area (Å²) in [5.74, 6) is 0.760. The molecule has 0 aromatic carbocycles. The van der Waals surface area contributed by atoms with Gasteiger partial charge in [-0.1, -0.05) is 26.7 Å². The maximum atomic E-state index is 5.31. The van der Waals surface area contributed by atoms with Crippen LogP contribution in [0.2, 0.25) is 0 Å². The molecule has 3 heteroatoms.